The predicted octanol–water partition coefficient (Wildman–Crippen LogP) is 4.73. The molecule has 15 nitrogen and oxygen atoms in total. The number of alkyl carbamates (subject to hydrolysis) is 1. The molecule has 2 aliphatic heterocycles. The molecule has 298 valence electrons. The Morgan fingerprint density at radius 2 is 1.61 bits per heavy atom. The number of carbonyl (C=O) groups excluding carboxylic acids is 5. The number of rotatable bonds is 12. The van der Waals surface area contributed by atoms with E-state index in [1.165, 1.54) is 25.3 Å². The number of amides is 4. The number of nitro benzene ring substituents is 1. The normalized spacial score (nSPS) is 17.5. The van der Waals surface area contributed by atoms with E-state index in [0.29, 0.717) is 40.7 Å². The lowest BCUT2D eigenvalue weighted by atomic mass is 10.00. The van der Waals surface area contributed by atoms with Gasteiger partial charge in [0, 0.05) is 25.3 Å². The Hall–Kier alpha value is -6.77. The summed E-state index contributed by atoms with van der Waals surface area (Å²) in [5, 5.41) is 22.9. The van der Waals surface area contributed by atoms with Crippen molar-refractivity contribution in [1.82, 2.24) is 21.3 Å². The van der Waals surface area contributed by atoms with Gasteiger partial charge in [-0.3, -0.25) is 24.5 Å². The van der Waals surface area contributed by atoms with Crippen LogP contribution in [-0.2, 0) is 49.8 Å². The third kappa shape index (κ3) is 12.1. The Bertz CT molecular complexity index is 2040. The van der Waals surface area contributed by atoms with Crippen LogP contribution in [0.25, 0.3) is 0 Å². The van der Waals surface area contributed by atoms with E-state index in [1.54, 1.807) is 72.8 Å². The second kappa shape index (κ2) is 19.7. The molecule has 2 aliphatic rings. The highest BCUT2D eigenvalue weighted by atomic mass is 16.6. The average molecular weight is 780 g/mol. The van der Waals surface area contributed by atoms with E-state index in [0.717, 1.165) is 0 Å². The largest absolute Gasteiger partial charge is 0.497 e. The maximum absolute atomic E-state index is 14.3. The average Bonchev–Trinajstić information content (AvgIpc) is 3.19. The molecule has 0 saturated heterocycles. The molecule has 15 heteroatoms. The Balaban J connectivity index is 1.54. The molecule has 6 rings (SSSR count). The molecule has 4 bridgehead atoms. The summed E-state index contributed by atoms with van der Waals surface area (Å²) in [5.74, 6) is -1.34. The highest BCUT2D eigenvalue weighted by Gasteiger charge is 2.32. The summed E-state index contributed by atoms with van der Waals surface area (Å²) in [6.45, 7) is 3.72. The van der Waals surface area contributed by atoms with Crippen LogP contribution in [0.2, 0.25) is 0 Å². The van der Waals surface area contributed by atoms with Crippen LogP contribution >= 0.6 is 0 Å². The molecule has 4 aromatic carbocycles. The number of fused-ring (bicyclic) bond motifs is 10. The van der Waals surface area contributed by atoms with Crippen molar-refractivity contribution in [2.75, 3.05) is 7.11 Å². The summed E-state index contributed by atoms with van der Waals surface area (Å²) in [6, 6.07) is 21.6. The van der Waals surface area contributed by atoms with Gasteiger partial charge in [0.2, 0.25) is 23.5 Å². The molecule has 0 fully saturated rings. The van der Waals surface area contributed by atoms with Crippen LogP contribution < -0.4 is 30.7 Å². The van der Waals surface area contributed by atoms with E-state index >= 15 is 0 Å². The van der Waals surface area contributed by atoms with Crippen molar-refractivity contribution >= 4 is 35.8 Å². The Morgan fingerprint density at radius 3 is 2.26 bits per heavy atom. The van der Waals surface area contributed by atoms with Gasteiger partial charge in [0.1, 0.15) is 42.5 Å². The van der Waals surface area contributed by atoms with Crippen molar-refractivity contribution in [1.29, 1.82) is 0 Å². The fraction of sp³-hybridized carbons (Fsp3) is 0.310. The molecule has 4 amide bonds. The van der Waals surface area contributed by atoms with Gasteiger partial charge >= 0.3 is 11.8 Å². The molecular weight excluding hydrogens is 734 g/mol. The molecule has 0 radical (unpaired) electrons. The molecule has 57 heavy (non-hydrogen) atoms. The second-order valence-corrected chi connectivity index (χ2v) is 14.0. The number of hydrogen-bond donors (Lipinski definition) is 4. The third-order valence-electron chi connectivity index (χ3n) is 9.16. The summed E-state index contributed by atoms with van der Waals surface area (Å²) in [7, 11) is 1.51. The van der Waals surface area contributed by atoms with Gasteiger partial charge in [-0.25, -0.2) is 4.79 Å². The fourth-order valence-corrected chi connectivity index (χ4v) is 6.23. The minimum Gasteiger partial charge on any atom is -0.497 e. The standard InChI is InChI=1S/C42H45N5O10/c1-26(2)19-31(24-48)43-39(49)34-20-28-11-16-33(17-12-28)57-38-23-30(13-18-37(38)47(53)54)22-36(46-42(52)56-25-29-7-5-4-6-8-29)41(51)45-35(40(50)44-34)21-27-9-14-32(55-3)15-10-27/h4-18,23-24,26,31,34-36H,19-22,25H2,1-3H3,(H,43,49)(H,44,50)(H,45,51)(H,46,52). The number of ether oxygens (including phenoxy) is 3. The molecule has 0 spiro atoms. The molecule has 4 unspecified atom stereocenters. The van der Waals surface area contributed by atoms with Gasteiger partial charge in [0.15, 0.2) is 0 Å². The number of nitro groups is 1. The van der Waals surface area contributed by atoms with Crippen LogP contribution in [0.1, 0.15) is 42.5 Å². The quantitative estimate of drug-likeness (QED) is 0.0884. The van der Waals surface area contributed by atoms with Crippen molar-refractivity contribution < 1.29 is 43.1 Å². The minimum absolute atomic E-state index is 0.0264. The number of nitrogens with zero attached hydrogens (tertiary/aromatic N) is 1. The number of nitrogens with one attached hydrogen (secondary N) is 4. The van der Waals surface area contributed by atoms with Gasteiger partial charge < -0.3 is 40.3 Å². The van der Waals surface area contributed by atoms with Gasteiger partial charge in [0.25, 0.3) is 0 Å². The monoisotopic (exact) mass is 779 g/mol. The van der Waals surface area contributed by atoms with Crippen LogP contribution in [0, 0.1) is 16.0 Å². The summed E-state index contributed by atoms with van der Waals surface area (Å²) >= 11 is 0. The van der Waals surface area contributed by atoms with Gasteiger partial charge in [-0.05, 0) is 64.9 Å². The summed E-state index contributed by atoms with van der Waals surface area (Å²) in [6.07, 6.45) is -0.167. The maximum Gasteiger partial charge on any atom is 0.408 e. The first-order valence-corrected chi connectivity index (χ1v) is 18.4. The van der Waals surface area contributed by atoms with Gasteiger partial charge in [-0.1, -0.05) is 74.5 Å². The summed E-state index contributed by atoms with van der Waals surface area (Å²) < 4.78 is 16.7. The number of benzene rings is 4. The Morgan fingerprint density at radius 1 is 0.912 bits per heavy atom. The smallest absolute Gasteiger partial charge is 0.408 e. The lowest BCUT2D eigenvalue weighted by Crippen LogP contribution is -2.58. The first-order valence-electron chi connectivity index (χ1n) is 18.4. The van der Waals surface area contributed by atoms with Gasteiger partial charge in [-0.15, -0.1) is 0 Å². The van der Waals surface area contributed by atoms with Crippen molar-refractivity contribution in [2.45, 2.75) is 70.3 Å². The highest BCUT2D eigenvalue weighted by Crippen LogP contribution is 2.33. The van der Waals surface area contributed by atoms with Crippen LogP contribution in [0.5, 0.6) is 17.2 Å². The van der Waals surface area contributed by atoms with Crippen LogP contribution in [0.15, 0.2) is 97.1 Å². The maximum atomic E-state index is 14.3. The molecule has 0 aromatic heterocycles. The van der Waals surface area contributed by atoms with Gasteiger partial charge in [0.05, 0.1) is 18.1 Å². The Kier molecular flexibility index (Phi) is 14.3. The van der Waals surface area contributed by atoms with E-state index in [1.807, 2.05) is 19.9 Å². The number of methoxy groups -OCH3 is 1. The first-order chi connectivity index (χ1) is 27.4. The summed E-state index contributed by atoms with van der Waals surface area (Å²) in [4.78, 5) is 78.8. The van der Waals surface area contributed by atoms with Crippen LogP contribution in [-0.4, -0.2) is 66.3 Å². The van der Waals surface area contributed by atoms with E-state index in [9.17, 15) is 34.1 Å². The lowest BCUT2D eigenvalue weighted by Gasteiger charge is -2.26. The van der Waals surface area contributed by atoms with E-state index in [2.05, 4.69) is 21.3 Å². The number of carbonyl (C=O) groups is 5. The van der Waals surface area contributed by atoms with Crippen molar-refractivity contribution in [3.63, 3.8) is 0 Å². The third-order valence-corrected chi connectivity index (χ3v) is 9.16. The van der Waals surface area contributed by atoms with Crippen molar-refractivity contribution in [3.05, 3.63) is 129 Å². The molecule has 0 aliphatic carbocycles. The SMILES string of the molecule is COc1ccc(CC2NC(=O)C(NC(=O)OCc3ccccc3)Cc3ccc([N+](=O)[O-])c(c3)Oc3ccc(cc3)CC(C(=O)NC(C=O)CC(C)C)NC2=O)cc1. The lowest BCUT2D eigenvalue weighted by molar-refractivity contribution is -0.385. The van der Waals surface area contributed by atoms with Crippen LogP contribution in [0.4, 0.5) is 10.5 Å². The second-order valence-electron chi connectivity index (χ2n) is 14.0. The molecule has 4 N–H and O–H groups in total. The van der Waals surface area contributed by atoms with Crippen molar-refractivity contribution in [3.8, 4) is 17.2 Å². The van der Waals surface area contributed by atoms with E-state index in [4.69, 9.17) is 14.2 Å². The Labute approximate surface area is 329 Å². The van der Waals surface area contributed by atoms with Crippen LogP contribution in [0.3, 0.4) is 0 Å². The minimum atomic E-state index is -1.35. The molecule has 2 heterocycles. The fourth-order valence-electron chi connectivity index (χ4n) is 6.23. The molecular formula is C42H45N5O10. The molecule has 4 atom stereocenters. The predicted molar refractivity (Wildman–Crippen MR) is 209 cm³/mol. The molecule has 4 aromatic rings. The van der Waals surface area contributed by atoms with Gasteiger partial charge in [-0.2, -0.15) is 0 Å². The number of aldehydes is 1. The topological polar surface area (TPSA) is 204 Å². The number of hydrogen-bond acceptors (Lipinski definition) is 10. The zero-order chi connectivity index (χ0) is 40.9. The van der Waals surface area contributed by atoms with E-state index in [-0.39, 0.29) is 49.0 Å². The highest BCUT2D eigenvalue weighted by molar-refractivity contribution is 5.94. The summed E-state index contributed by atoms with van der Waals surface area (Å²) in [5.41, 5.74) is 1.99. The zero-order valence-corrected chi connectivity index (χ0v) is 31.8. The van der Waals surface area contributed by atoms with Crippen molar-refractivity contribution in [2.24, 2.45) is 5.92 Å². The van der Waals surface area contributed by atoms with E-state index < -0.39 is 52.9 Å². The zero-order valence-electron chi connectivity index (χ0n) is 31.8. The molecule has 0 saturated carbocycles. The first kappa shape index (κ1) is 41.4.